The van der Waals surface area contributed by atoms with Crippen molar-refractivity contribution < 1.29 is 28.9 Å². The Morgan fingerprint density at radius 1 is 1.30 bits per heavy atom. The Kier molecular flexibility index (Phi) is 3.46. The van der Waals surface area contributed by atoms with Crippen molar-refractivity contribution in [2.24, 2.45) is 0 Å². The third-order valence-corrected chi connectivity index (χ3v) is 3.13. The highest BCUT2D eigenvalue weighted by Crippen LogP contribution is 2.37. The lowest BCUT2D eigenvalue weighted by molar-refractivity contribution is -0.169. The molecule has 2 aliphatic heterocycles. The molecule has 0 aliphatic carbocycles. The number of amides is 1. The van der Waals surface area contributed by atoms with Crippen LogP contribution in [-0.2, 0) is 19.0 Å². The molecule has 2 saturated heterocycles. The molecule has 0 saturated carbocycles. The van der Waals surface area contributed by atoms with Crippen LogP contribution in [-0.4, -0.2) is 58.3 Å². The zero-order valence-electron chi connectivity index (χ0n) is 12.4. The van der Waals surface area contributed by atoms with Crippen molar-refractivity contribution in [2.75, 3.05) is 6.54 Å². The van der Waals surface area contributed by atoms with Crippen molar-refractivity contribution in [1.82, 2.24) is 4.90 Å². The monoisotopic (exact) mass is 287 g/mol. The minimum absolute atomic E-state index is 0.153. The quantitative estimate of drug-likeness (QED) is 0.780. The fraction of sp³-hybridized carbons (Fsp3) is 0.846. The van der Waals surface area contributed by atoms with Crippen molar-refractivity contribution in [3.8, 4) is 0 Å². The van der Waals surface area contributed by atoms with Gasteiger partial charge in [0.2, 0.25) is 0 Å². The number of carboxylic acid groups (broad SMARTS) is 1. The van der Waals surface area contributed by atoms with Gasteiger partial charge in [0.1, 0.15) is 17.8 Å². The summed E-state index contributed by atoms with van der Waals surface area (Å²) >= 11 is 0. The van der Waals surface area contributed by atoms with Crippen LogP contribution >= 0.6 is 0 Å². The van der Waals surface area contributed by atoms with E-state index in [-0.39, 0.29) is 6.54 Å². The number of fused-ring (bicyclic) bond motifs is 1. The average Bonchev–Trinajstić information content (AvgIpc) is 2.65. The summed E-state index contributed by atoms with van der Waals surface area (Å²) in [7, 11) is 0. The van der Waals surface area contributed by atoms with Gasteiger partial charge in [-0.25, -0.2) is 9.59 Å². The molecular weight excluding hydrogens is 266 g/mol. The molecule has 7 nitrogen and oxygen atoms in total. The van der Waals surface area contributed by atoms with Crippen LogP contribution < -0.4 is 0 Å². The standard InChI is InChI=1S/C13H21NO6/c1-12(2,3)20-11(17)14-6-7-9(8(14)10(15)16)19-13(4,5)18-7/h7-9H,6H2,1-5H3,(H,15,16)/t7-,8+,9-/m1/s1. The summed E-state index contributed by atoms with van der Waals surface area (Å²) in [5, 5.41) is 9.36. The zero-order chi connectivity index (χ0) is 15.3. The number of likely N-dealkylation sites (tertiary alicyclic amines) is 1. The lowest BCUT2D eigenvalue weighted by atomic mass is 10.1. The highest BCUT2D eigenvalue weighted by atomic mass is 16.8. The molecule has 1 amide bonds. The Bertz CT molecular complexity index is 427. The van der Waals surface area contributed by atoms with E-state index in [9.17, 15) is 14.7 Å². The summed E-state index contributed by atoms with van der Waals surface area (Å²) in [5.41, 5.74) is -0.682. The van der Waals surface area contributed by atoms with Crippen molar-refractivity contribution in [2.45, 2.75) is 64.3 Å². The van der Waals surface area contributed by atoms with Crippen LogP contribution in [0.15, 0.2) is 0 Å². The van der Waals surface area contributed by atoms with Crippen LogP contribution in [0.5, 0.6) is 0 Å². The van der Waals surface area contributed by atoms with Gasteiger partial charge in [0.25, 0.3) is 0 Å². The summed E-state index contributed by atoms with van der Waals surface area (Å²) in [6, 6.07) is -1.09. The molecule has 20 heavy (non-hydrogen) atoms. The summed E-state index contributed by atoms with van der Waals surface area (Å²) in [6.07, 6.45) is -1.78. The zero-order valence-corrected chi connectivity index (χ0v) is 12.4. The molecular formula is C13H21NO6. The molecule has 114 valence electrons. The van der Waals surface area contributed by atoms with Gasteiger partial charge in [-0.2, -0.15) is 0 Å². The van der Waals surface area contributed by atoms with Gasteiger partial charge in [-0.05, 0) is 34.6 Å². The van der Waals surface area contributed by atoms with Gasteiger partial charge in [-0.15, -0.1) is 0 Å². The van der Waals surface area contributed by atoms with Crippen molar-refractivity contribution in [3.05, 3.63) is 0 Å². The summed E-state index contributed by atoms with van der Waals surface area (Å²) < 4.78 is 16.5. The van der Waals surface area contributed by atoms with Gasteiger partial charge >= 0.3 is 12.1 Å². The van der Waals surface area contributed by atoms with Gasteiger partial charge in [0.15, 0.2) is 11.8 Å². The summed E-state index contributed by atoms with van der Waals surface area (Å²) in [6.45, 7) is 8.79. The van der Waals surface area contributed by atoms with E-state index in [1.165, 1.54) is 0 Å². The molecule has 2 rings (SSSR count). The smallest absolute Gasteiger partial charge is 0.411 e. The first-order valence-electron chi connectivity index (χ1n) is 6.58. The molecule has 0 unspecified atom stereocenters. The maximum absolute atomic E-state index is 12.1. The van der Waals surface area contributed by atoms with E-state index in [1.807, 2.05) is 0 Å². The first-order chi connectivity index (χ1) is 9.00. The number of carboxylic acids is 1. The third kappa shape index (κ3) is 2.88. The molecule has 0 radical (unpaired) electrons. The number of rotatable bonds is 1. The Morgan fingerprint density at radius 3 is 2.40 bits per heavy atom. The summed E-state index contributed by atoms with van der Waals surface area (Å²) in [4.78, 5) is 24.7. The highest BCUT2D eigenvalue weighted by molar-refractivity contribution is 5.82. The summed E-state index contributed by atoms with van der Waals surface area (Å²) in [5.74, 6) is -1.95. The second-order valence-electron chi connectivity index (χ2n) is 6.55. The molecule has 1 N–H and O–H groups in total. The fourth-order valence-electron chi connectivity index (χ4n) is 2.54. The predicted molar refractivity (Wildman–Crippen MR) is 68.2 cm³/mol. The van der Waals surface area contributed by atoms with E-state index < -0.39 is 41.7 Å². The van der Waals surface area contributed by atoms with Gasteiger partial charge in [0, 0.05) is 0 Å². The van der Waals surface area contributed by atoms with Crippen LogP contribution in [0.25, 0.3) is 0 Å². The normalized spacial score (nSPS) is 32.0. The molecule has 2 fully saturated rings. The number of carbonyl (C=O) groups excluding carboxylic acids is 1. The van der Waals surface area contributed by atoms with E-state index >= 15 is 0 Å². The van der Waals surface area contributed by atoms with Crippen LogP contribution in [0.3, 0.4) is 0 Å². The van der Waals surface area contributed by atoms with E-state index in [0.717, 1.165) is 4.90 Å². The molecule has 0 aromatic carbocycles. The van der Waals surface area contributed by atoms with Crippen LogP contribution in [0, 0.1) is 0 Å². The van der Waals surface area contributed by atoms with E-state index in [2.05, 4.69) is 0 Å². The highest BCUT2D eigenvalue weighted by Gasteiger charge is 2.57. The van der Waals surface area contributed by atoms with E-state index in [4.69, 9.17) is 14.2 Å². The second-order valence-corrected chi connectivity index (χ2v) is 6.55. The maximum Gasteiger partial charge on any atom is 0.411 e. The van der Waals surface area contributed by atoms with Gasteiger partial charge in [-0.3, -0.25) is 4.90 Å². The number of ether oxygens (including phenoxy) is 3. The fourth-order valence-corrected chi connectivity index (χ4v) is 2.54. The first-order valence-corrected chi connectivity index (χ1v) is 6.58. The lowest BCUT2D eigenvalue weighted by Gasteiger charge is -2.29. The van der Waals surface area contributed by atoms with Crippen molar-refractivity contribution in [1.29, 1.82) is 0 Å². The molecule has 0 bridgehead atoms. The van der Waals surface area contributed by atoms with Crippen LogP contribution in [0.1, 0.15) is 34.6 Å². The Hall–Kier alpha value is -1.34. The molecule has 7 heteroatoms. The predicted octanol–water partition coefficient (Wildman–Crippen LogP) is 1.21. The Labute approximate surface area is 117 Å². The third-order valence-electron chi connectivity index (χ3n) is 3.13. The topological polar surface area (TPSA) is 85.3 Å². The Balaban J connectivity index is 2.16. The molecule has 0 spiro atoms. The van der Waals surface area contributed by atoms with E-state index in [1.54, 1.807) is 34.6 Å². The van der Waals surface area contributed by atoms with Gasteiger partial charge < -0.3 is 19.3 Å². The number of nitrogens with zero attached hydrogens (tertiary/aromatic N) is 1. The average molecular weight is 287 g/mol. The first kappa shape index (κ1) is 15.1. The maximum atomic E-state index is 12.1. The largest absolute Gasteiger partial charge is 0.480 e. The van der Waals surface area contributed by atoms with Crippen LogP contribution in [0.2, 0.25) is 0 Å². The minimum atomic E-state index is -1.12. The molecule has 2 aliphatic rings. The van der Waals surface area contributed by atoms with E-state index in [0.29, 0.717) is 0 Å². The number of hydrogen-bond acceptors (Lipinski definition) is 5. The van der Waals surface area contributed by atoms with Gasteiger partial charge in [-0.1, -0.05) is 0 Å². The number of carbonyl (C=O) groups is 2. The van der Waals surface area contributed by atoms with Crippen molar-refractivity contribution >= 4 is 12.1 Å². The Morgan fingerprint density at radius 2 is 1.90 bits per heavy atom. The van der Waals surface area contributed by atoms with Gasteiger partial charge in [0.05, 0.1) is 6.54 Å². The minimum Gasteiger partial charge on any atom is -0.480 e. The molecule has 0 aromatic heterocycles. The number of hydrogen-bond donors (Lipinski definition) is 1. The SMILES string of the molecule is CC(C)(C)OC(=O)N1C[C@H]2OC(C)(C)O[C@H]2[C@H]1C(=O)O. The molecule has 0 aromatic rings. The van der Waals surface area contributed by atoms with Crippen LogP contribution in [0.4, 0.5) is 4.79 Å². The lowest BCUT2D eigenvalue weighted by Crippen LogP contribution is -2.48. The molecule has 2 heterocycles. The number of aliphatic carboxylic acids is 1. The van der Waals surface area contributed by atoms with Crippen molar-refractivity contribution in [3.63, 3.8) is 0 Å². The molecule has 3 atom stereocenters. The second kappa shape index (κ2) is 4.60.